The Morgan fingerprint density at radius 1 is 1.05 bits per heavy atom. The molecule has 0 spiro atoms. The first-order valence-corrected chi connectivity index (χ1v) is 16.1. The van der Waals surface area contributed by atoms with E-state index in [4.69, 9.17) is 4.74 Å². The number of hydrogen-bond acceptors (Lipinski definition) is 7. The predicted molar refractivity (Wildman–Crippen MR) is 165 cm³/mol. The summed E-state index contributed by atoms with van der Waals surface area (Å²) in [6.45, 7) is 21.6. The Morgan fingerprint density at radius 3 is 2.27 bits per heavy atom. The van der Waals surface area contributed by atoms with E-state index in [1.807, 2.05) is 46.1 Å². The zero-order valence-corrected chi connectivity index (χ0v) is 27.9. The van der Waals surface area contributed by atoms with Crippen molar-refractivity contribution in [2.45, 2.75) is 138 Å². The van der Waals surface area contributed by atoms with E-state index in [1.54, 1.807) is 25.2 Å². The second kappa shape index (κ2) is 12.2. The van der Waals surface area contributed by atoms with Crippen LogP contribution < -0.4 is 5.32 Å². The number of hydrogen-bond donors (Lipinski definition) is 3. The number of Topliss-reactive ketones (excluding diaryl/α,β-unsaturated/α-hetero) is 1. The van der Waals surface area contributed by atoms with Gasteiger partial charge in [0.2, 0.25) is 5.91 Å². The van der Waals surface area contributed by atoms with Crippen LogP contribution >= 0.6 is 11.3 Å². The molecule has 3 rings (SSSR count). The molecule has 3 N–H and O–H groups in total. The minimum Gasteiger partial charge on any atom is -0.393 e. The number of fused-ring (bicyclic) bond motifs is 1. The van der Waals surface area contributed by atoms with Crippen molar-refractivity contribution in [3.8, 4) is 0 Å². The van der Waals surface area contributed by atoms with E-state index in [-0.39, 0.29) is 53.1 Å². The number of nitrogens with one attached hydrogen (secondary N) is 1. The molecule has 7 atom stereocenters. The van der Waals surface area contributed by atoms with Crippen molar-refractivity contribution in [1.29, 1.82) is 0 Å². The SMILES string of the molecule is C/C(=C\c1csc(C)n1)[C@@H]1CC2O[C@]2(C)CCCC(C)(C)[C@H](C)[C@H](O)[C@@H](C)C(C)(C)C(=O)C(C)(C)[C@@H](O)CC(=O)N1. The average Bonchev–Trinajstić information content (AvgIpc) is 3.31. The zero-order valence-electron chi connectivity index (χ0n) is 27.1. The van der Waals surface area contributed by atoms with Crippen LogP contribution in [0.5, 0.6) is 0 Å². The quantitative estimate of drug-likeness (QED) is 0.359. The van der Waals surface area contributed by atoms with Crippen molar-refractivity contribution in [3.63, 3.8) is 0 Å². The highest BCUT2D eigenvalue weighted by Gasteiger charge is 2.53. The van der Waals surface area contributed by atoms with Gasteiger partial charge < -0.3 is 20.3 Å². The molecule has 2 saturated heterocycles. The van der Waals surface area contributed by atoms with Gasteiger partial charge in [-0.1, -0.05) is 55.4 Å². The van der Waals surface area contributed by atoms with Gasteiger partial charge >= 0.3 is 0 Å². The van der Waals surface area contributed by atoms with Crippen LogP contribution in [0.15, 0.2) is 11.0 Å². The Labute approximate surface area is 251 Å². The van der Waals surface area contributed by atoms with Crippen LogP contribution in [0.4, 0.5) is 0 Å². The Bertz CT molecular complexity index is 1140. The number of carbonyl (C=O) groups excluding carboxylic acids is 2. The molecule has 3 heterocycles. The van der Waals surface area contributed by atoms with Crippen LogP contribution in [0.25, 0.3) is 6.08 Å². The third kappa shape index (κ3) is 7.49. The lowest BCUT2D eigenvalue weighted by molar-refractivity contribution is -0.150. The van der Waals surface area contributed by atoms with Crippen LogP contribution in [-0.2, 0) is 14.3 Å². The summed E-state index contributed by atoms with van der Waals surface area (Å²) in [6, 6.07) is -0.288. The molecule has 2 aliphatic rings. The van der Waals surface area contributed by atoms with Crippen molar-refractivity contribution in [1.82, 2.24) is 10.3 Å². The standard InChI is InChI=1S/C33H54N2O5S/c1-19(15-23-18-41-22(4)34-23)24-16-26-33(11,40-26)14-12-13-30(5,6)20(2)28(38)21(3)31(7,8)29(39)32(9,10)25(36)17-27(37)35-24/h15,18,20-21,24-26,28,36,38H,12-14,16-17H2,1-11H3,(H,35,37)/b19-15+/t20-,21-,24+,25+,26?,28+,33-/m1/s1. The minimum atomic E-state index is -1.18. The third-order valence-electron chi connectivity index (χ3n) is 10.7. The van der Waals surface area contributed by atoms with Gasteiger partial charge in [0.1, 0.15) is 5.78 Å². The largest absolute Gasteiger partial charge is 0.393 e. The topological polar surface area (TPSA) is 112 Å². The van der Waals surface area contributed by atoms with E-state index in [1.165, 1.54) is 0 Å². The fourth-order valence-corrected chi connectivity index (χ4v) is 7.05. The fraction of sp³-hybridized carbons (Fsp3) is 0.788. The molecule has 41 heavy (non-hydrogen) atoms. The van der Waals surface area contributed by atoms with E-state index >= 15 is 0 Å². The molecule has 0 aliphatic carbocycles. The first-order chi connectivity index (χ1) is 18.7. The molecule has 232 valence electrons. The van der Waals surface area contributed by atoms with Crippen molar-refractivity contribution in [2.24, 2.45) is 28.1 Å². The number of thiazole rings is 1. The lowest BCUT2D eigenvalue weighted by Crippen LogP contribution is -2.52. The monoisotopic (exact) mass is 590 g/mol. The van der Waals surface area contributed by atoms with Gasteiger partial charge in [-0.3, -0.25) is 9.59 Å². The van der Waals surface area contributed by atoms with Gasteiger partial charge in [-0.15, -0.1) is 11.3 Å². The summed E-state index contributed by atoms with van der Waals surface area (Å²) < 4.78 is 6.23. The van der Waals surface area contributed by atoms with Crippen LogP contribution in [0.2, 0.25) is 0 Å². The zero-order chi connectivity index (χ0) is 31.1. The van der Waals surface area contributed by atoms with Crippen LogP contribution in [0.1, 0.15) is 112 Å². The molecule has 0 radical (unpaired) electrons. The molecule has 2 aliphatic heterocycles. The van der Waals surface area contributed by atoms with Crippen LogP contribution in [0, 0.1) is 35.0 Å². The highest BCUT2D eigenvalue weighted by molar-refractivity contribution is 7.09. The Kier molecular flexibility index (Phi) is 10.1. The number of aromatic nitrogens is 1. The average molecular weight is 591 g/mol. The third-order valence-corrected chi connectivity index (χ3v) is 11.4. The van der Waals surface area contributed by atoms with Crippen molar-refractivity contribution < 1.29 is 24.5 Å². The molecule has 7 nitrogen and oxygen atoms in total. The fourth-order valence-electron chi connectivity index (χ4n) is 6.48. The van der Waals surface area contributed by atoms with Gasteiger partial charge in [0.25, 0.3) is 0 Å². The summed E-state index contributed by atoms with van der Waals surface area (Å²) in [7, 11) is 0. The number of epoxide rings is 1. The van der Waals surface area contributed by atoms with Gasteiger partial charge in [-0.25, -0.2) is 4.98 Å². The molecule has 1 aromatic rings. The van der Waals surface area contributed by atoms with Gasteiger partial charge in [0.05, 0.1) is 52.5 Å². The molecular formula is C33H54N2O5S. The predicted octanol–water partition coefficient (Wildman–Crippen LogP) is 6.10. The number of aryl methyl sites for hydroxylation is 1. The van der Waals surface area contributed by atoms with E-state index in [9.17, 15) is 19.8 Å². The van der Waals surface area contributed by atoms with Gasteiger partial charge in [0.15, 0.2) is 0 Å². The first-order valence-electron chi connectivity index (χ1n) is 15.2. The number of aliphatic hydroxyl groups is 2. The number of amides is 1. The highest BCUT2D eigenvalue weighted by Crippen LogP contribution is 2.47. The van der Waals surface area contributed by atoms with E-state index in [2.05, 4.69) is 38.0 Å². The molecule has 1 amide bonds. The molecule has 0 aromatic carbocycles. The molecular weight excluding hydrogens is 536 g/mol. The summed E-state index contributed by atoms with van der Waals surface area (Å²) in [4.78, 5) is 31.8. The second-order valence-electron chi connectivity index (χ2n) is 14.9. The lowest BCUT2D eigenvalue weighted by atomic mass is 9.60. The lowest BCUT2D eigenvalue weighted by Gasteiger charge is -2.45. The Balaban J connectivity index is 1.94. The van der Waals surface area contributed by atoms with E-state index in [0.29, 0.717) is 6.42 Å². The summed E-state index contributed by atoms with van der Waals surface area (Å²) in [5, 5.41) is 28.9. The molecule has 1 unspecified atom stereocenters. The summed E-state index contributed by atoms with van der Waals surface area (Å²) in [5.41, 5.74) is -0.663. The van der Waals surface area contributed by atoms with Crippen molar-refractivity contribution in [2.75, 3.05) is 0 Å². The maximum absolute atomic E-state index is 14.0. The molecule has 2 fully saturated rings. The number of nitrogens with zero attached hydrogens (tertiary/aromatic N) is 1. The minimum absolute atomic E-state index is 0.00194. The number of ether oxygens (including phenoxy) is 1. The second-order valence-corrected chi connectivity index (χ2v) is 15.9. The highest BCUT2D eigenvalue weighted by atomic mass is 32.1. The van der Waals surface area contributed by atoms with Crippen molar-refractivity contribution >= 4 is 29.1 Å². The Hall–Kier alpha value is -1.61. The molecule has 8 heteroatoms. The summed E-state index contributed by atoms with van der Waals surface area (Å²) >= 11 is 1.58. The van der Waals surface area contributed by atoms with Gasteiger partial charge in [-0.2, -0.15) is 0 Å². The van der Waals surface area contributed by atoms with Crippen molar-refractivity contribution in [3.05, 3.63) is 21.7 Å². The summed E-state index contributed by atoms with van der Waals surface area (Å²) in [6.07, 6.45) is 3.32. The number of aliphatic hydroxyl groups excluding tert-OH is 2. The first kappa shape index (κ1) is 33.9. The molecule has 0 saturated carbocycles. The number of rotatable bonds is 2. The smallest absolute Gasteiger partial charge is 0.223 e. The van der Waals surface area contributed by atoms with E-state index < -0.39 is 23.0 Å². The number of ketones is 1. The summed E-state index contributed by atoms with van der Waals surface area (Å²) in [5.74, 6) is -0.854. The van der Waals surface area contributed by atoms with Gasteiger partial charge in [0, 0.05) is 17.2 Å². The molecule has 1 aromatic heterocycles. The van der Waals surface area contributed by atoms with Crippen LogP contribution in [-0.4, -0.2) is 56.8 Å². The normalized spacial score (nSPS) is 37.0. The molecule has 0 bridgehead atoms. The maximum atomic E-state index is 14.0. The number of carbonyl (C=O) groups is 2. The maximum Gasteiger partial charge on any atom is 0.223 e. The van der Waals surface area contributed by atoms with Crippen LogP contribution in [0.3, 0.4) is 0 Å². The van der Waals surface area contributed by atoms with E-state index in [0.717, 1.165) is 35.5 Å². The van der Waals surface area contributed by atoms with Gasteiger partial charge in [-0.05, 0) is 68.9 Å². The Morgan fingerprint density at radius 2 is 1.68 bits per heavy atom.